The number of anilines is 1. The van der Waals surface area contributed by atoms with Crippen molar-refractivity contribution in [1.29, 1.82) is 0 Å². The first-order chi connectivity index (χ1) is 12.6. The summed E-state index contributed by atoms with van der Waals surface area (Å²) in [6.07, 6.45) is -4.15. The van der Waals surface area contributed by atoms with Crippen molar-refractivity contribution in [3.63, 3.8) is 0 Å². The summed E-state index contributed by atoms with van der Waals surface area (Å²) < 4.78 is 43.2. The Labute approximate surface area is 156 Å². The molecule has 2 rings (SSSR count). The lowest BCUT2D eigenvalue weighted by Crippen LogP contribution is -2.28. The normalized spacial score (nSPS) is 11.1. The van der Waals surface area contributed by atoms with Crippen LogP contribution in [-0.4, -0.2) is 23.1 Å². The van der Waals surface area contributed by atoms with E-state index in [1.807, 2.05) is 0 Å². The van der Waals surface area contributed by atoms with Crippen LogP contribution in [0.1, 0.15) is 11.1 Å². The summed E-state index contributed by atoms with van der Waals surface area (Å²) in [6.45, 7) is 0.357. The van der Waals surface area contributed by atoms with Crippen LogP contribution in [0.2, 0.25) is 5.02 Å². The number of nitrogens with one attached hydrogen (secondary N) is 1. The molecule has 0 saturated heterocycles. The van der Waals surface area contributed by atoms with Crippen LogP contribution < -0.4 is 10.9 Å². The lowest BCUT2D eigenvalue weighted by molar-refractivity contribution is -0.148. The summed E-state index contributed by atoms with van der Waals surface area (Å²) in [4.78, 5) is 35.1. The maximum Gasteiger partial charge on any atom is 0.417 e. The van der Waals surface area contributed by atoms with E-state index in [9.17, 15) is 27.6 Å². The Morgan fingerprint density at radius 2 is 1.93 bits per heavy atom. The van der Waals surface area contributed by atoms with Crippen molar-refractivity contribution in [2.24, 2.45) is 0 Å². The Kier molecular flexibility index (Phi) is 6.27. The first kappa shape index (κ1) is 20.5. The number of aromatic nitrogens is 1. The van der Waals surface area contributed by atoms with E-state index < -0.39 is 42.3 Å². The first-order valence-electron chi connectivity index (χ1n) is 7.55. The third-order valence-corrected chi connectivity index (χ3v) is 3.84. The van der Waals surface area contributed by atoms with E-state index in [2.05, 4.69) is 10.1 Å². The van der Waals surface area contributed by atoms with Gasteiger partial charge in [-0.1, -0.05) is 17.7 Å². The van der Waals surface area contributed by atoms with Crippen LogP contribution in [0.15, 0.2) is 41.3 Å². The highest BCUT2D eigenvalue weighted by Gasteiger charge is 2.31. The van der Waals surface area contributed by atoms with Crippen LogP contribution in [0.5, 0.6) is 0 Å². The zero-order valence-electron chi connectivity index (χ0n) is 14.0. The van der Waals surface area contributed by atoms with Crippen molar-refractivity contribution in [2.75, 3.05) is 11.9 Å². The molecule has 0 aliphatic rings. The molecule has 1 amide bonds. The number of pyridine rings is 1. The van der Waals surface area contributed by atoms with Crippen LogP contribution in [0.25, 0.3) is 0 Å². The van der Waals surface area contributed by atoms with E-state index in [4.69, 9.17) is 11.6 Å². The van der Waals surface area contributed by atoms with E-state index in [0.29, 0.717) is 33.6 Å². The molecule has 1 aromatic carbocycles. The number of carbonyl (C=O) groups is 2. The second kappa shape index (κ2) is 8.26. The van der Waals surface area contributed by atoms with Crippen LogP contribution in [0.3, 0.4) is 0 Å². The topological polar surface area (TPSA) is 77.4 Å². The van der Waals surface area contributed by atoms with Gasteiger partial charge in [0, 0.05) is 23.0 Å². The molecule has 1 N–H and O–H groups in total. The predicted octanol–water partition coefficient (Wildman–Crippen LogP) is 3.01. The van der Waals surface area contributed by atoms with Gasteiger partial charge in [-0.2, -0.15) is 13.2 Å². The van der Waals surface area contributed by atoms with Gasteiger partial charge in [0.25, 0.3) is 11.5 Å². The minimum absolute atomic E-state index is 0.390. The van der Waals surface area contributed by atoms with Crippen molar-refractivity contribution in [1.82, 2.24) is 4.57 Å². The molecular formula is C17H14ClF3N2O4. The summed E-state index contributed by atoms with van der Waals surface area (Å²) in [5.41, 5.74) is -0.684. The van der Waals surface area contributed by atoms with Gasteiger partial charge in [-0.3, -0.25) is 14.4 Å². The summed E-state index contributed by atoms with van der Waals surface area (Å²) in [7, 11) is 0. The van der Waals surface area contributed by atoms with Crippen molar-refractivity contribution in [3.05, 3.63) is 63.0 Å². The number of esters is 1. The number of ether oxygens (including phenoxy) is 1. The molecule has 2 aromatic rings. The number of aryl methyl sites for hydroxylation is 1. The third kappa shape index (κ3) is 5.85. The Bertz CT molecular complexity index is 925. The van der Waals surface area contributed by atoms with Crippen molar-refractivity contribution in [3.8, 4) is 0 Å². The average Bonchev–Trinajstić information content (AvgIpc) is 2.57. The standard InChI is InChI=1S/C17H14ClF3N2O4/c1-10-2-4-12(6-13(10)18)22-14(24)9-27-16(26)8-23-7-11(17(19,20)21)3-5-15(23)25/h2-7H,8-9H2,1H3,(H,22,24). The number of rotatable bonds is 5. The molecule has 6 nitrogen and oxygen atoms in total. The van der Waals surface area contributed by atoms with E-state index >= 15 is 0 Å². The van der Waals surface area contributed by atoms with Gasteiger partial charge in [0.1, 0.15) is 6.54 Å². The number of hydrogen-bond donors (Lipinski definition) is 1. The van der Waals surface area contributed by atoms with Crippen LogP contribution in [0.4, 0.5) is 18.9 Å². The number of amides is 1. The smallest absolute Gasteiger partial charge is 0.417 e. The SMILES string of the molecule is Cc1ccc(NC(=O)COC(=O)Cn2cc(C(F)(F)F)ccc2=O)cc1Cl. The summed E-state index contributed by atoms with van der Waals surface area (Å²) in [5, 5.41) is 2.89. The quantitative estimate of drug-likeness (QED) is 0.780. The number of nitrogens with zero attached hydrogens (tertiary/aromatic N) is 1. The molecule has 0 bridgehead atoms. The van der Waals surface area contributed by atoms with E-state index in [1.165, 1.54) is 6.07 Å². The highest BCUT2D eigenvalue weighted by atomic mass is 35.5. The van der Waals surface area contributed by atoms with Gasteiger partial charge in [-0.25, -0.2) is 0 Å². The molecule has 0 fully saturated rings. The molecule has 0 unspecified atom stereocenters. The predicted molar refractivity (Wildman–Crippen MR) is 91.5 cm³/mol. The Balaban J connectivity index is 1.93. The highest BCUT2D eigenvalue weighted by Crippen LogP contribution is 2.28. The van der Waals surface area contributed by atoms with Crippen molar-refractivity contribution in [2.45, 2.75) is 19.6 Å². The van der Waals surface area contributed by atoms with Crippen LogP contribution in [0, 0.1) is 6.92 Å². The monoisotopic (exact) mass is 402 g/mol. The molecule has 10 heteroatoms. The molecule has 0 aliphatic heterocycles. The molecule has 0 atom stereocenters. The van der Waals surface area contributed by atoms with Gasteiger partial charge in [0.15, 0.2) is 6.61 Å². The van der Waals surface area contributed by atoms with Gasteiger partial charge in [0.2, 0.25) is 0 Å². The highest BCUT2D eigenvalue weighted by molar-refractivity contribution is 6.31. The minimum atomic E-state index is -4.66. The second-order valence-electron chi connectivity index (χ2n) is 5.55. The number of alkyl halides is 3. The van der Waals surface area contributed by atoms with Gasteiger partial charge in [-0.05, 0) is 30.7 Å². The van der Waals surface area contributed by atoms with Gasteiger partial charge < -0.3 is 14.6 Å². The molecule has 1 heterocycles. The molecule has 0 aliphatic carbocycles. The fourth-order valence-corrected chi connectivity index (χ4v) is 2.20. The lowest BCUT2D eigenvalue weighted by Gasteiger charge is -2.11. The second-order valence-corrected chi connectivity index (χ2v) is 5.96. The summed E-state index contributed by atoms with van der Waals surface area (Å²) in [5.74, 6) is -1.70. The first-order valence-corrected chi connectivity index (χ1v) is 7.93. The number of hydrogen-bond acceptors (Lipinski definition) is 4. The zero-order chi connectivity index (χ0) is 20.2. The molecular weight excluding hydrogens is 389 g/mol. The van der Waals surface area contributed by atoms with Crippen molar-refractivity contribution >= 4 is 29.2 Å². The van der Waals surface area contributed by atoms with Gasteiger partial charge >= 0.3 is 12.1 Å². The molecule has 0 saturated carbocycles. The van der Waals surface area contributed by atoms with Gasteiger partial charge in [0.05, 0.1) is 5.56 Å². The Hall–Kier alpha value is -2.81. The lowest BCUT2D eigenvalue weighted by atomic mass is 10.2. The Morgan fingerprint density at radius 3 is 2.56 bits per heavy atom. The molecule has 27 heavy (non-hydrogen) atoms. The van der Waals surface area contributed by atoms with Crippen LogP contribution >= 0.6 is 11.6 Å². The number of benzene rings is 1. The van der Waals surface area contributed by atoms with E-state index in [1.54, 1.807) is 19.1 Å². The number of carbonyl (C=O) groups excluding carboxylic acids is 2. The summed E-state index contributed by atoms with van der Waals surface area (Å²) in [6, 6.07) is 6.11. The molecule has 144 valence electrons. The maximum absolute atomic E-state index is 12.7. The van der Waals surface area contributed by atoms with Crippen molar-refractivity contribution < 1.29 is 27.5 Å². The zero-order valence-corrected chi connectivity index (χ0v) is 14.7. The largest absolute Gasteiger partial charge is 0.454 e. The fourth-order valence-electron chi connectivity index (χ4n) is 2.02. The summed E-state index contributed by atoms with van der Waals surface area (Å²) >= 11 is 5.93. The minimum Gasteiger partial charge on any atom is -0.454 e. The number of halogens is 4. The third-order valence-electron chi connectivity index (χ3n) is 3.43. The van der Waals surface area contributed by atoms with Crippen LogP contribution in [-0.2, 0) is 27.0 Å². The molecule has 0 spiro atoms. The Morgan fingerprint density at radius 1 is 1.22 bits per heavy atom. The van der Waals surface area contributed by atoms with E-state index in [-0.39, 0.29) is 0 Å². The van der Waals surface area contributed by atoms with E-state index in [0.717, 1.165) is 5.56 Å². The maximum atomic E-state index is 12.7. The van der Waals surface area contributed by atoms with Gasteiger partial charge in [-0.15, -0.1) is 0 Å². The fraction of sp³-hybridized carbons (Fsp3) is 0.235. The molecule has 1 aromatic heterocycles. The average molecular weight is 403 g/mol. The molecule has 0 radical (unpaired) electrons.